The highest BCUT2D eigenvalue weighted by atomic mass is 16.5. The monoisotopic (exact) mass is 391 g/mol. The minimum absolute atomic E-state index is 0.0854. The fourth-order valence-corrected chi connectivity index (χ4v) is 3.94. The molecule has 1 aliphatic rings. The van der Waals surface area contributed by atoms with E-state index in [0.717, 1.165) is 47.8 Å². The van der Waals surface area contributed by atoms with E-state index in [-0.39, 0.29) is 5.54 Å². The first-order valence-corrected chi connectivity index (χ1v) is 10.1. The van der Waals surface area contributed by atoms with Crippen molar-refractivity contribution in [2.45, 2.75) is 45.3 Å². The van der Waals surface area contributed by atoms with E-state index in [9.17, 15) is 0 Å². The minimum Gasteiger partial charge on any atom is -0.497 e. The molecule has 0 aliphatic heterocycles. The third-order valence-electron chi connectivity index (χ3n) is 5.79. The Morgan fingerprint density at radius 3 is 2.34 bits per heavy atom. The minimum atomic E-state index is 0.0854. The number of aryl methyl sites for hydroxylation is 2. The Kier molecular flexibility index (Phi) is 5.33. The summed E-state index contributed by atoms with van der Waals surface area (Å²) >= 11 is 0. The molecule has 4 rings (SSSR count). The molecule has 1 N–H and O–H groups in total. The van der Waals surface area contributed by atoms with Gasteiger partial charge in [0.1, 0.15) is 11.5 Å². The number of benzene rings is 2. The maximum atomic E-state index is 5.59. The number of aromatic nitrogens is 2. The van der Waals surface area contributed by atoms with Crippen LogP contribution >= 0.6 is 0 Å². The van der Waals surface area contributed by atoms with Crippen LogP contribution in [0, 0.1) is 13.8 Å². The molecule has 1 aromatic heterocycles. The van der Waals surface area contributed by atoms with Crippen molar-refractivity contribution < 1.29 is 9.47 Å². The van der Waals surface area contributed by atoms with Crippen LogP contribution in [0.2, 0.25) is 0 Å². The third kappa shape index (κ3) is 4.15. The quantitative estimate of drug-likeness (QED) is 0.620. The van der Waals surface area contributed by atoms with Gasteiger partial charge >= 0.3 is 0 Å². The second-order valence-electron chi connectivity index (χ2n) is 7.90. The highest BCUT2D eigenvalue weighted by molar-refractivity contribution is 5.39. The van der Waals surface area contributed by atoms with Gasteiger partial charge in [-0.25, -0.2) is 0 Å². The number of ether oxygens (including phenoxy) is 2. The zero-order valence-corrected chi connectivity index (χ0v) is 17.7. The van der Waals surface area contributed by atoms with Gasteiger partial charge in [-0.2, -0.15) is 5.10 Å². The van der Waals surface area contributed by atoms with Gasteiger partial charge in [0.15, 0.2) is 0 Å². The molecule has 1 heterocycles. The predicted molar refractivity (Wildman–Crippen MR) is 115 cm³/mol. The van der Waals surface area contributed by atoms with E-state index in [1.54, 1.807) is 14.2 Å². The summed E-state index contributed by atoms with van der Waals surface area (Å²) in [5.41, 5.74) is 6.00. The van der Waals surface area contributed by atoms with E-state index in [0.29, 0.717) is 6.54 Å². The number of nitrogens with zero attached hydrogens (tertiary/aromatic N) is 2. The Balaban J connectivity index is 1.49. The first kappa shape index (κ1) is 19.5. The molecule has 3 aromatic rings. The Hall–Kier alpha value is -2.79. The SMILES string of the molecule is COc1ccc(C2(NCc3ccc(OC)c(Cn4nc(C)cc4C)c3)CC2)cc1. The van der Waals surface area contributed by atoms with Crippen LogP contribution in [-0.4, -0.2) is 24.0 Å². The van der Waals surface area contributed by atoms with Gasteiger partial charge in [-0.05, 0) is 68.1 Å². The van der Waals surface area contributed by atoms with Crippen molar-refractivity contribution in [1.29, 1.82) is 0 Å². The molecular weight excluding hydrogens is 362 g/mol. The van der Waals surface area contributed by atoms with Crippen LogP contribution < -0.4 is 14.8 Å². The van der Waals surface area contributed by atoms with Crippen molar-refractivity contribution in [2.24, 2.45) is 0 Å². The summed E-state index contributed by atoms with van der Waals surface area (Å²) in [6.07, 6.45) is 2.32. The van der Waals surface area contributed by atoms with Crippen molar-refractivity contribution in [2.75, 3.05) is 14.2 Å². The molecule has 152 valence electrons. The first-order chi connectivity index (χ1) is 14.0. The summed E-state index contributed by atoms with van der Waals surface area (Å²) < 4.78 is 12.9. The lowest BCUT2D eigenvalue weighted by atomic mass is 10.0. The van der Waals surface area contributed by atoms with Crippen LogP contribution in [0.1, 0.15) is 40.9 Å². The predicted octanol–water partition coefficient (Wildman–Crippen LogP) is 4.34. The number of hydrogen-bond acceptors (Lipinski definition) is 4. The van der Waals surface area contributed by atoms with Gasteiger partial charge in [0, 0.05) is 23.3 Å². The van der Waals surface area contributed by atoms with Crippen LogP contribution in [0.4, 0.5) is 0 Å². The number of nitrogens with one attached hydrogen (secondary N) is 1. The Morgan fingerprint density at radius 2 is 1.76 bits per heavy atom. The fraction of sp³-hybridized carbons (Fsp3) is 0.375. The van der Waals surface area contributed by atoms with Gasteiger partial charge < -0.3 is 14.8 Å². The van der Waals surface area contributed by atoms with E-state index in [1.807, 2.05) is 23.7 Å². The lowest BCUT2D eigenvalue weighted by Gasteiger charge is -2.19. The summed E-state index contributed by atoms with van der Waals surface area (Å²) in [4.78, 5) is 0. The molecule has 0 radical (unpaired) electrons. The van der Waals surface area contributed by atoms with Gasteiger partial charge in [-0.1, -0.05) is 18.2 Å². The normalized spacial score (nSPS) is 14.6. The molecule has 0 spiro atoms. The topological polar surface area (TPSA) is 48.3 Å². The fourth-order valence-electron chi connectivity index (χ4n) is 3.94. The van der Waals surface area contributed by atoms with E-state index in [2.05, 4.69) is 53.7 Å². The van der Waals surface area contributed by atoms with Crippen molar-refractivity contribution in [3.63, 3.8) is 0 Å². The first-order valence-electron chi connectivity index (χ1n) is 10.1. The molecule has 0 bridgehead atoms. The van der Waals surface area contributed by atoms with Crippen molar-refractivity contribution in [3.05, 3.63) is 76.6 Å². The molecular formula is C24H29N3O2. The Bertz CT molecular complexity index is 988. The van der Waals surface area contributed by atoms with Crippen LogP contribution in [0.25, 0.3) is 0 Å². The van der Waals surface area contributed by atoms with Crippen LogP contribution in [0.5, 0.6) is 11.5 Å². The summed E-state index contributed by atoms with van der Waals surface area (Å²) in [6, 6.07) is 16.9. The van der Waals surface area contributed by atoms with Gasteiger partial charge in [0.2, 0.25) is 0 Å². The lowest BCUT2D eigenvalue weighted by Crippen LogP contribution is -2.28. The van der Waals surface area contributed by atoms with E-state index in [1.165, 1.54) is 11.1 Å². The largest absolute Gasteiger partial charge is 0.497 e. The zero-order chi connectivity index (χ0) is 20.4. The zero-order valence-electron chi connectivity index (χ0n) is 17.7. The van der Waals surface area contributed by atoms with E-state index < -0.39 is 0 Å². The number of hydrogen-bond donors (Lipinski definition) is 1. The molecule has 0 atom stereocenters. The molecule has 2 aromatic carbocycles. The van der Waals surface area contributed by atoms with Gasteiger partial charge in [0.05, 0.1) is 26.5 Å². The molecule has 29 heavy (non-hydrogen) atoms. The van der Waals surface area contributed by atoms with E-state index >= 15 is 0 Å². The molecule has 5 nitrogen and oxygen atoms in total. The van der Waals surface area contributed by atoms with Gasteiger partial charge in [0.25, 0.3) is 0 Å². The standard InChI is InChI=1S/C24H29N3O2/c1-17-13-18(2)27(26-17)16-20-14-19(5-10-23(20)29-4)15-25-24(11-12-24)21-6-8-22(28-3)9-7-21/h5-10,13-14,25H,11-12,15-16H2,1-4H3. The Morgan fingerprint density at radius 1 is 1.00 bits per heavy atom. The number of methoxy groups -OCH3 is 2. The average molecular weight is 392 g/mol. The molecule has 1 saturated carbocycles. The maximum absolute atomic E-state index is 5.59. The van der Waals surface area contributed by atoms with Crippen LogP contribution in [0.3, 0.4) is 0 Å². The molecule has 0 unspecified atom stereocenters. The smallest absolute Gasteiger partial charge is 0.123 e. The highest BCUT2D eigenvalue weighted by Gasteiger charge is 2.43. The molecule has 5 heteroatoms. The second kappa shape index (κ2) is 7.91. The summed E-state index contributed by atoms with van der Waals surface area (Å²) in [7, 11) is 3.42. The maximum Gasteiger partial charge on any atom is 0.123 e. The van der Waals surface area contributed by atoms with Gasteiger partial charge in [-0.3, -0.25) is 4.68 Å². The van der Waals surface area contributed by atoms with Gasteiger partial charge in [-0.15, -0.1) is 0 Å². The Labute approximate surface area is 172 Å². The van der Waals surface area contributed by atoms with Crippen molar-refractivity contribution in [3.8, 4) is 11.5 Å². The van der Waals surface area contributed by atoms with E-state index in [4.69, 9.17) is 9.47 Å². The summed E-state index contributed by atoms with van der Waals surface area (Å²) in [6.45, 7) is 5.64. The van der Waals surface area contributed by atoms with Crippen LogP contribution in [-0.2, 0) is 18.6 Å². The number of rotatable bonds is 8. The molecule has 1 aliphatic carbocycles. The summed E-state index contributed by atoms with van der Waals surface area (Å²) in [5, 5.41) is 8.38. The van der Waals surface area contributed by atoms with Crippen LogP contribution in [0.15, 0.2) is 48.5 Å². The molecule has 1 fully saturated rings. The van der Waals surface area contributed by atoms with Crippen molar-refractivity contribution in [1.82, 2.24) is 15.1 Å². The lowest BCUT2D eigenvalue weighted by molar-refractivity contribution is 0.406. The summed E-state index contributed by atoms with van der Waals surface area (Å²) in [5.74, 6) is 1.80. The average Bonchev–Trinajstić information content (AvgIpc) is 3.46. The van der Waals surface area contributed by atoms with Crippen molar-refractivity contribution >= 4 is 0 Å². The second-order valence-corrected chi connectivity index (χ2v) is 7.90. The highest BCUT2D eigenvalue weighted by Crippen LogP contribution is 2.46. The third-order valence-corrected chi connectivity index (χ3v) is 5.79. The molecule has 0 amide bonds. The molecule has 0 saturated heterocycles.